The van der Waals surface area contributed by atoms with Gasteiger partial charge >= 0.3 is 0 Å². The molecule has 0 aromatic rings. The highest BCUT2D eigenvalue weighted by atomic mass is 16.5. The molecule has 1 rings (SSSR count). The van der Waals surface area contributed by atoms with E-state index in [1.54, 1.807) is 0 Å². The van der Waals surface area contributed by atoms with E-state index in [0.717, 1.165) is 0 Å². The summed E-state index contributed by atoms with van der Waals surface area (Å²) in [6.45, 7) is 1.83. The van der Waals surface area contributed by atoms with Crippen molar-refractivity contribution in [3.05, 3.63) is 0 Å². The molecule has 1 aliphatic heterocycles. The summed E-state index contributed by atoms with van der Waals surface area (Å²) in [5, 5.41) is 18.0. The first-order valence-electron chi connectivity index (χ1n) is 3.61. The van der Waals surface area contributed by atoms with Gasteiger partial charge in [-0.15, -0.1) is 0 Å². The van der Waals surface area contributed by atoms with Crippen LogP contribution in [0.2, 0.25) is 0 Å². The zero-order chi connectivity index (χ0) is 7.72. The maximum Gasteiger partial charge on any atom is 0.139 e. The maximum absolute atomic E-state index is 9.34. The Balaban J connectivity index is 2.53. The molecule has 0 spiro atoms. The Hall–Kier alpha value is -0.0551. The smallest absolute Gasteiger partial charge is 0.139 e. The minimum Gasteiger partial charge on any atom is -0.394 e. The van der Waals surface area contributed by atoms with Crippen LogP contribution in [-0.2, 0) is 4.74 Å². The Morgan fingerprint density at radius 2 is 2.20 bits per heavy atom. The third kappa shape index (κ3) is 1.19. The second kappa shape index (κ2) is 2.90. The molecule has 1 aliphatic rings. The first kappa shape index (κ1) is 8.05. The average molecular weight is 144 g/mol. The van der Waals surface area contributed by atoms with Gasteiger partial charge in [-0.2, -0.15) is 0 Å². The number of aliphatic hydroxyl groups is 2. The molecule has 0 amide bonds. The van der Waals surface area contributed by atoms with Crippen molar-refractivity contribution in [2.45, 2.75) is 25.1 Å². The molecule has 0 bridgehead atoms. The summed E-state index contributed by atoms with van der Waals surface area (Å²) in [6.07, 6.45) is -0.870. The molecule has 0 unspecified atom stereocenters. The molecule has 2 N–H and O–H groups in total. The lowest BCUT2D eigenvalue weighted by molar-refractivity contribution is -0.00490. The summed E-state index contributed by atoms with van der Waals surface area (Å²) < 4.78 is 5.23. The Kier molecular flexibility index (Phi) is 2.34. The fourth-order valence-corrected chi connectivity index (χ4v) is 1.25. The van der Waals surface area contributed by atoms with Gasteiger partial charge in [0.1, 0.15) is 14.0 Å². The SMILES string of the molecule is B[C@@H]1O[C@H](CO)[C@@H](O)[C@@H]1C. The Morgan fingerprint density at radius 3 is 2.40 bits per heavy atom. The van der Waals surface area contributed by atoms with Crippen molar-refractivity contribution in [1.82, 2.24) is 0 Å². The lowest BCUT2D eigenvalue weighted by Crippen LogP contribution is -2.28. The van der Waals surface area contributed by atoms with Crippen LogP contribution < -0.4 is 0 Å². The number of hydrogen-bond acceptors (Lipinski definition) is 3. The molecule has 58 valence electrons. The van der Waals surface area contributed by atoms with E-state index in [1.165, 1.54) is 0 Å². The average Bonchev–Trinajstić information content (AvgIpc) is 2.17. The highest BCUT2D eigenvalue weighted by Gasteiger charge is 2.37. The van der Waals surface area contributed by atoms with Crippen molar-refractivity contribution < 1.29 is 14.9 Å². The number of hydrogen-bond donors (Lipinski definition) is 2. The van der Waals surface area contributed by atoms with Gasteiger partial charge in [0.05, 0.1) is 12.7 Å². The van der Waals surface area contributed by atoms with Crippen LogP contribution in [0.3, 0.4) is 0 Å². The molecule has 1 saturated heterocycles. The third-order valence-corrected chi connectivity index (χ3v) is 2.23. The van der Waals surface area contributed by atoms with Crippen LogP contribution in [0.4, 0.5) is 0 Å². The van der Waals surface area contributed by atoms with Crippen LogP contribution in [0.5, 0.6) is 0 Å². The van der Waals surface area contributed by atoms with Crippen molar-refractivity contribution in [2.75, 3.05) is 6.61 Å². The van der Waals surface area contributed by atoms with Crippen LogP contribution in [0.25, 0.3) is 0 Å². The largest absolute Gasteiger partial charge is 0.394 e. The highest BCUT2D eigenvalue weighted by Crippen LogP contribution is 2.23. The van der Waals surface area contributed by atoms with Gasteiger partial charge in [-0.3, -0.25) is 0 Å². The first-order valence-corrected chi connectivity index (χ1v) is 3.61. The predicted octanol–water partition coefficient (Wildman–Crippen LogP) is -1.67. The molecular formula is C6H13BO3. The van der Waals surface area contributed by atoms with E-state index in [4.69, 9.17) is 9.84 Å². The van der Waals surface area contributed by atoms with E-state index in [-0.39, 0.29) is 24.6 Å². The summed E-state index contributed by atoms with van der Waals surface area (Å²) in [5.74, 6) is 0.136. The predicted molar refractivity (Wildman–Crippen MR) is 39.5 cm³/mol. The van der Waals surface area contributed by atoms with E-state index in [2.05, 4.69) is 0 Å². The second-order valence-electron chi connectivity index (χ2n) is 2.91. The molecule has 0 aromatic heterocycles. The summed E-state index contributed by atoms with van der Waals surface area (Å²) in [6, 6.07) is 0.0622. The summed E-state index contributed by atoms with van der Waals surface area (Å²) in [5.41, 5.74) is 0. The van der Waals surface area contributed by atoms with E-state index in [1.807, 2.05) is 14.8 Å². The van der Waals surface area contributed by atoms with Gasteiger partial charge in [0.25, 0.3) is 0 Å². The monoisotopic (exact) mass is 144 g/mol. The van der Waals surface area contributed by atoms with Gasteiger partial charge in [-0.1, -0.05) is 6.92 Å². The zero-order valence-electron chi connectivity index (χ0n) is 6.32. The third-order valence-electron chi connectivity index (χ3n) is 2.23. The Morgan fingerprint density at radius 1 is 1.60 bits per heavy atom. The van der Waals surface area contributed by atoms with Crippen LogP contribution in [-0.4, -0.2) is 42.9 Å². The van der Waals surface area contributed by atoms with Crippen molar-refractivity contribution in [1.29, 1.82) is 0 Å². The minimum absolute atomic E-state index is 0.0622. The standard InChI is InChI=1S/C6H13BO3/c1-3-5(9)4(2-8)10-6(3)7/h3-6,8-9H,2,7H2,1H3/t3-,4+,5-,6+/m0/s1. The maximum atomic E-state index is 9.34. The second-order valence-corrected chi connectivity index (χ2v) is 2.91. The number of ether oxygens (including phenoxy) is 1. The van der Waals surface area contributed by atoms with Crippen LogP contribution >= 0.6 is 0 Å². The fourth-order valence-electron chi connectivity index (χ4n) is 1.25. The van der Waals surface area contributed by atoms with Gasteiger partial charge in [-0.05, 0) is 0 Å². The number of aliphatic hydroxyl groups excluding tert-OH is 2. The molecule has 1 heterocycles. The lowest BCUT2D eigenvalue weighted by atomic mass is 9.86. The molecule has 3 nitrogen and oxygen atoms in total. The molecule has 1 fully saturated rings. The molecule has 4 atom stereocenters. The lowest BCUT2D eigenvalue weighted by Gasteiger charge is -2.11. The van der Waals surface area contributed by atoms with E-state index < -0.39 is 6.10 Å². The van der Waals surface area contributed by atoms with Crippen LogP contribution in [0.1, 0.15) is 6.92 Å². The minimum atomic E-state index is -0.500. The van der Waals surface area contributed by atoms with Gasteiger partial charge in [0.15, 0.2) is 0 Å². The first-order chi connectivity index (χ1) is 4.66. The van der Waals surface area contributed by atoms with Crippen LogP contribution in [0, 0.1) is 5.92 Å². The van der Waals surface area contributed by atoms with Crippen LogP contribution in [0.15, 0.2) is 0 Å². The molecule has 0 aliphatic carbocycles. The Labute approximate surface area is 61.4 Å². The van der Waals surface area contributed by atoms with Gasteiger partial charge in [0.2, 0.25) is 0 Å². The molecule has 10 heavy (non-hydrogen) atoms. The van der Waals surface area contributed by atoms with Crippen molar-refractivity contribution >= 4 is 7.85 Å². The quantitative estimate of drug-likeness (QED) is 0.433. The van der Waals surface area contributed by atoms with Crippen molar-refractivity contribution in [2.24, 2.45) is 5.92 Å². The molecule has 0 radical (unpaired) electrons. The van der Waals surface area contributed by atoms with Gasteiger partial charge in [-0.25, -0.2) is 0 Å². The van der Waals surface area contributed by atoms with Gasteiger partial charge < -0.3 is 14.9 Å². The fraction of sp³-hybridized carbons (Fsp3) is 1.00. The normalized spacial score (nSPS) is 47.9. The molecule has 4 heteroatoms. The Bertz CT molecular complexity index is 120. The topological polar surface area (TPSA) is 49.7 Å². The van der Waals surface area contributed by atoms with E-state index in [9.17, 15) is 5.11 Å². The van der Waals surface area contributed by atoms with E-state index in [0.29, 0.717) is 0 Å². The molecule has 0 saturated carbocycles. The molecular weight excluding hydrogens is 131 g/mol. The highest BCUT2D eigenvalue weighted by molar-refractivity contribution is 6.11. The summed E-state index contributed by atoms with van der Waals surface area (Å²) >= 11 is 0. The summed E-state index contributed by atoms with van der Waals surface area (Å²) in [4.78, 5) is 0. The summed E-state index contributed by atoms with van der Waals surface area (Å²) in [7, 11) is 1.91. The number of rotatable bonds is 1. The zero-order valence-corrected chi connectivity index (χ0v) is 6.32. The molecule has 0 aromatic carbocycles. The van der Waals surface area contributed by atoms with E-state index >= 15 is 0 Å². The van der Waals surface area contributed by atoms with Crippen molar-refractivity contribution in [3.8, 4) is 0 Å². The van der Waals surface area contributed by atoms with Gasteiger partial charge in [0, 0.05) is 11.9 Å². The van der Waals surface area contributed by atoms with Crippen molar-refractivity contribution in [3.63, 3.8) is 0 Å².